The molecule has 0 N–H and O–H groups in total. The number of fused-ring (bicyclic) bond motifs is 5. The topological polar surface area (TPSA) is 0 Å². The molecule has 0 heteroatoms. The zero-order valence-corrected chi connectivity index (χ0v) is 23.0. The normalized spacial score (nSPS) is 11.8. The summed E-state index contributed by atoms with van der Waals surface area (Å²) in [5, 5.41) is 7.74. The van der Waals surface area contributed by atoms with Gasteiger partial charge in [0, 0.05) is 0 Å². The second kappa shape index (κ2) is 9.03. The van der Waals surface area contributed by atoms with Crippen molar-refractivity contribution in [1.82, 2.24) is 0 Å². The van der Waals surface area contributed by atoms with Gasteiger partial charge < -0.3 is 0 Å². The highest BCUT2D eigenvalue weighted by Crippen LogP contribution is 2.49. The van der Waals surface area contributed by atoms with Crippen molar-refractivity contribution in [2.45, 2.75) is 0 Å². The van der Waals surface area contributed by atoms with Crippen LogP contribution in [0.25, 0.3) is 88.0 Å². The molecule has 194 valence electrons. The summed E-state index contributed by atoms with van der Waals surface area (Å²) in [7, 11) is 0. The van der Waals surface area contributed by atoms with Gasteiger partial charge in [-0.1, -0.05) is 133 Å². The fourth-order valence-corrected chi connectivity index (χ4v) is 6.90. The van der Waals surface area contributed by atoms with E-state index in [1.54, 1.807) is 0 Å². The molecule has 0 spiro atoms. The maximum Gasteiger partial charge on any atom is -0.00201 e. The van der Waals surface area contributed by atoms with Gasteiger partial charge in [0.25, 0.3) is 0 Å². The van der Waals surface area contributed by atoms with Gasteiger partial charge in [-0.15, -0.1) is 0 Å². The summed E-state index contributed by atoms with van der Waals surface area (Å²) >= 11 is 0. The van der Waals surface area contributed by atoms with E-state index in [4.69, 9.17) is 0 Å². The summed E-state index contributed by atoms with van der Waals surface area (Å²) in [5.41, 5.74) is 12.8. The molecule has 0 fully saturated rings. The summed E-state index contributed by atoms with van der Waals surface area (Å²) in [6.45, 7) is 0. The average molecular weight is 531 g/mol. The summed E-state index contributed by atoms with van der Waals surface area (Å²) in [5.74, 6) is 0. The van der Waals surface area contributed by atoms with Crippen molar-refractivity contribution < 1.29 is 0 Å². The third-order valence-corrected chi connectivity index (χ3v) is 8.98. The predicted molar refractivity (Wildman–Crippen MR) is 180 cm³/mol. The summed E-state index contributed by atoms with van der Waals surface area (Å²) in [6, 6.07) is 58.1. The van der Waals surface area contributed by atoms with Crippen molar-refractivity contribution in [1.29, 1.82) is 0 Å². The molecular weight excluding hydrogens is 504 g/mol. The predicted octanol–water partition coefficient (Wildman–Crippen LogP) is 11.8. The first kappa shape index (κ1) is 23.3. The number of benzene rings is 8. The molecular formula is C42H26. The smallest absolute Gasteiger partial charge is 0.00201 e. The second-order valence-electron chi connectivity index (χ2n) is 11.4. The van der Waals surface area contributed by atoms with Crippen LogP contribution in [-0.2, 0) is 0 Å². The fraction of sp³-hybridized carbons (Fsp3) is 0. The first-order valence-corrected chi connectivity index (χ1v) is 14.6. The minimum atomic E-state index is 1.23. The minimum absolute atomic E-state index is 1.23. The second-order valence-corrected chi connectivity index (χ2v) is 11.4. The Morgan fingerprint density at radius 2 is 0.738 bits per heavy atom. The summed E-state index contributed by atoms with van der Waals surface area (Å²) in [4.78, 5) is 0. The van der Waals surface area contributed by atoms with E-state index in [-0.39, 0.29) is 0 Å². The Bertz CT molecular complexity index is 2330. The molecule has 0 aromatic heterocycles. The highest BCUT2D eigenvalue weighted by Gasteiger charge is 2.22. The standard InChI is InChI=1S/C42H26/c1-2-8-29-23-32(18-15-27(29)7-1)30-9-5-10-31(24-30)33-19-16-28-17-20-34(26-35(28)25-33)36-21-22-41-38-12-4-3-11-37(38)40-14-6-13-39(36)42(40)41/h1-26H. The SMILES string of the molecule is c1cc(-c2ccc3ccccc3c2)cc(-c2ccc3ccc(-c4ccc5c6c(cccc46)-c4ccccc4-5)cc3c2)c1. The molecule has 1 aliphatic carbocycles. The van der Waals surface area contributed by atoms with Gasteiger partial charge in [0.1, 0.15) is 0 Å². The largest absolute Gasteiger partial charge is 0.0616 e. The Balaban J connectivity index is 1.14. The van der Waals surface area contributed by atoms with E-state index in [2.05, 4.69) is 158 Å². The molecule has 0 saturated heterocycles. The molecule has 0 heterocycles. The maximum atomic E-state index is 2.36. The van der Waals surface area contributed by atoms with Gasteiger partial charge in [-0.05, 0) is 112 Å². The molecule has 8 aromatic carbocycles. The molecule has 0 nitrogen and oxygen atoms in total. The van der Waals surface area contributed by atoms with Crippen LogP contribution in [0, 0.1) is 0 Å². The van der Waals surface area contributed by atoms with E-state index in [9.17, 15) is 0 Å². The fourth-order valence-electron chi connectivity index (χ4n) is 6.90. The Labute approximate surface area is 245 Å². The first-order chi connectivity index (χ1) is 20.8. The van der Waals surface area contributed by atoms with Crippen molar-refractivity contribution in [3.63, 3.8) is 0 Å². The molecule has 0 atom stereocenters. The summed E-state index contributed by atoms with van der Waals surface area (Å²) in [6.07, 6.45) is 0. The molecule has 0 amide bonds. The molecule has 0 unspecified atom stereocenters. The third kappa shape index (κ3) is 3.56. The van der Waals surface area contributed by atoms with Crippen molar-refractivity contribution >= 4 is 32.3 Å². The van der Waals surface area contributed by atoms with Gasteiger partial charge in [0.05, 0.1) is 0 Å². The maximum absolute atomic E-state index is 2.36. The van der Waals surface area contributed by atoms with E-state index in [1.807, 2.05) is 0 Å². The van der Waals surface area contributed by atoms with Crippen LogP contribution < -0.4 is 0 Å². The van der Waals surface area contributed by atoms with Crippen molar-refractivity contribution in [3.05, 3.63) is 158 Å². The van der Waals surface area contributed by atoms with Gasteiger partial charge in [0.2, 0.25) is 0 Å². The highest BCUT2D eigenvalue weighted by molar-refractivity contribution is 6.18. The first-order valence-electron chi connectivity index (χ1n) is 14.6. The van der Waals surface area contributed by atoms with Gasteiger partial charge >= 0.3 is 0 Å². The molecule has 8 aromatic rings. The van der Waals surface area contributed by atoms with Crippen LogP contribution in [0.5, 0.6) is 0 Å². The Kier molecular flexibility index (Phi) is 5.00. The van der Waals surface area contributed by atoms with Gasteiger partial charge in [-0.2, -0.15) is 0 Å². The van der Waals surface area contributed by atoms with E-state index in [0.717, 1.165) is 0 Å². The lowest BCUT2D eigenvalue weighted by atomic mass is 9.92. The van der Waals surface area contributed by atoms with Crippen LogP contribution >= 0.6 is 0 Å². The van der Waals surface area contributed by atoms with Crippen LogP contribution in [-0.4, -0.2) is 0 Å². The van der Waals surface area contributed by atoms with E-state index in [0.29, 0.717) is 0 Å². The Morgan fingerprint density at radius 1 is 0.238 bits per heavy atom. The monoisotopic (exact) mass is 530 g/mol. The van der Waals surface area contributed by atoms with Crippen LogP contribution in [0.15, 0.2) is 158 Å². The molecule has 0 aliphatic heterocycles. The lowest BCUT2D eigenvalue weighted by Crippen LogP contribution is -1.85. The number of rotatable bonds is 3. The van der Waals surface area contributed by atoms with Crippen molar-refractivity contribution in [2.75, 3.05) is 0 Å². The quantitative estimate of drug-likeness (QED) is 0.213. The molecule has 0 radical (unpaired) electrons. The molecule has 0 saturated carbocycles. The molecule has 1 aliphatic rings. The van der Waals surface area contributed by atoms with Gasteiger partial charge in [0.15, 0.2) is 0 Å². The zero-order valence-electron chi connectivity index (χ0n) is 23.0. The van der Waals surface area contributed by atoms with Crippen LogP contribution in [0.2, 0.25) is 0 Å². The average Bonchev–Trinajstić information content (AvgIpc) is 3.39. The highest BCUT2D eigenvalue weighted by atomic mass is 14.2. The molecule has 9 rings (SSSR count). The van der Waals surface area contributed by atoms with Crippen molar-refractivity contribution in [3.8, 4) is 55.6 Å². The van der Waals surface area contributed by atoms with Gasteiger partial charge in [-0.25, -0.2) is 0 Å². The molecule has 42 heavy (non-hydrogen) atoms. The lowest BCUT2D eigenvalue weighted by Gasteiger charge is -2.12. The number of hydrogen-bond donors (Lipinski definition) is 0. The van der Waals surface area contributed by atoms with Crippen molar-refractivity contribution in [2.24, 2.45) is 0 Å². The van der Waals surface area contributed by atoms with E-state index < -0.39 is 0 Å². The van der Waals surface area contributed by atoms with E-state index >= 15 is 0 Å². The van der Waals surface area contributed by atoms with Crippen LogP contribution in [0.4, 0.5) is 0 Å². The zero-order chi connectivity index (χ0) is 27.6. The third-order valence-electron chi connectivity index (χ3n) is 8.98. The van der Waals surface area contributed by atoms with Gasteiger partial charge in [-0.3, -0.25) is 0 Å². The number of hydrogen-bond acceptors (Lipinski definition) is 0. The summed E-state index contributed by atoms with van der Waals surface area (Å²) < 4.78 is 0. The lowest BCUT2D eigenvalue weighted by molar-refractivity contribution is 1.61. The van der Waals surface area contributed by atoms with Crippen LogP contribution in [0.1, 0.15) is 0 Å². The molecule has 0 bridgehead atoms. The minimum Gasteiger partial charge on any atom is -0.0616 e. The van der Waals surface area contributed by atoms with E-state index in [1.165, 1.54) is 88.0 Å². The Morgan fingerprint density at radius 3 is 1.50 bits per heavy atom. The Hall–Kier alpha value is -5.46. The van der Waals surface area contributed by atoms with Crippen LogP contribution in [0.3, 0.4) is 0 Å².